The average molecular weight is 263 g/mol. The standard InChI is InChI=1S/C10H21N3O3S/c1-2-13(8-7-10(11)12-14)17(15,16)9-5-3-4-6-9/h9,14H,2-8H2,1H3,(H2,11,12). The van der Waals surface area contributed by atoms with Gasteiger partial charge in [-0.15, -0.1) is 0 Å². The second kappa shape index (κ2) is 6.20. The van der Waals surface area contributed by atoms with Crippen molar-refractivity contribution < 1.29 is 13.6 Å². The van der Waals surface area contributed by atoms with E-state index in [-0.39, 0.29) is 24.1 Å². The summed E-state index contributed by atoms with van der Waals surface area (Å²) in [6.07, 6.45) is 3.74. The summed E-state index contributed by atoms with van der Waals surface area (Å²) in [4.78, 5) is 0. The summed E-state index contributed by atoms with van der Waals surface area (Å²) in [6, 6.07) is 0. The minimum Gasteiger partial charge on any atom is -0.409 e. The van der Waals surface area contributed by atoms with E-state index in [0.29, 0.717) is 6.54 Å². The smallest absolute Gasteiger partial charge is 0.216 e. The van der Waals surface area contributed by atoms with Crippen LogP contribution in [0.3, 0.4) is 0 Å². The summed E-state index contributed by atoms with van der Waals surface area (Å²) in [6.45, 7) is 2.52. The lowest BCUT2D eigenvalue weighted by atomic mass is 10.4. The van der Waals surface area contributed by atoms with Gasteiger partial charge in [0.2, 0.25) is 10.0 Å². The van der Waals surface area contributed by atoms with Gasteiger partial charge < -0.3 is 10.9 Å². The molecular weight excluding hydrogens is 242 g/mol. The summed E-state index contributed by atoms with van der Waals surface area (Å²) >= 11 is 0. The molecule has 0 amide bonds. The number of hydrogen-bond acceptors (Lipinski definition) is 4. The first-order valence-electron chi connectivity index (χ1n) is 5.97. The summed E-state index contributed by atoms with van der Waals surface area (Å²) in [5, 5.41) is 11.0. The van der Waals surface area contributed by atoms with Crippen LogP contribution < -0.4 is 5.73 Å². The Morgan fingerprint density at radius 2 is 2.06 bits per heavy atom. The van der Waals surface area contributed by atoms with Crippen molar-refractivity contribution in [1.82, 2.24) is 4.31 Å². The second-order valence-electron chi connectivity index (χ2n) is 4.28. The van der Waals surface area contributed by atoms with Crippen molar-refractivity contribution in [3.05, 3.63) is 0 Å². The summed E-state index contributed by atoms with van der Waals surface area (Å²) in [5.74, 6) is 0.0603. The second-order valence-corrected chi connectivity index (χ2v) is 6.50. The maximum Gasteiger partial charge on any atom is 0.216 e. The maximum atomic E-state index is 12.2. The fourth-order valence-corrected chi connectivity index (χ4v) is 4.21. The van der Waals surface area contributed by atoms with Crippen molar-refractivity contribution >= 4 is 15.9 Å². The highest BCUT2D eigenvalue weighted by Crippen LogP contribution is 2.27. The Bertz CT molecular complexity index is 361. The van der Waals surface area contributed by atoms with Crippen LogP contribution in [-0.4, -0.2) is 42.1 Å². The van der Waals surface area contributed by atoms with Crippen LogP contribution in [0.2, 0.25) is 0 Å². The monoisotopic (exact) mass is 263 g/mol. The van der Waals surface area contributed by atoms with Crippen molar-refractivity contribution in [2.45, 2.75) is 44.3 Å². The van der Waals surface area contributed by atoms with E-state index in [1.54, 1.807) is 6.92 Å². The zero-order valence-corrected chi connectivity index (χ0v) is 11.0. The van der Waals surface area contributed by atoms with Gasteiger partial charge in [0, 0.05) is 19.5 Å². The molecule has 6 nitrogen and oxygen atoms in total. The topological polar surface area (TPSA) is 96.0 Å². The van der Waals surface area contributed by atoms with Gasteiger partial charge in [0.05, 0.1) is 5.25 Å². The molecule has 0 spiro atoms. The lowest BCUT2D eigenvalue weighted by Gasteiger charge is -2.23. The van der Waals surface area contributed by atoms with E-state index >= 15 is 0 Å². The Balaban J connectivity index is 2.65. The molecule has 0 aromatic heterocycles. The highest BCUT2D eigenvalue weighted by Gasteiger charge is 2.33. The number of nitrogens with two attached hydrogens (primary N) is 1. The van der Waals surface area contributed by atoms with Gasteiger partial charge in [-0.1, -0.05) is 24.9 Å². The third-order valence-corrected chi connectivity index (χ3v) is 5.66. The van der Waals surface area contributed by atoms with E-state index < -0.39 is 10.0 Å². The molecular formula is C10H21N3O3S. The van der Waals surface area contributed by atoms with Crippen LogP contribution >= 0.6 is 0 Å². The first-order valence-corrected chi connectivity index (χ1v) is 7.48. The van der Waals surface area contributed by atoms with Gasteiger partial charge in [0.15, 0.2) is 0 Å². The fourth-order valence-electron chi connectivity index (χ4n) is 2.15. The Labute approximate surface area is 103 Å². The minimum atomic E-state index is -3.21. The van der Waals surface area contributed by atoms with E-state index in [2.05, 4.69) is 5.16 Å². The van der Waals surface area contributed by atoms with E-state index in [4.69, 9.17) is 10.9 Å². The molecule has 0 aromatic carbocycles. The van der Waals surface area contributed by atoms with Crippen molar-refractivity contribution in [2.24, 2.45) is 10.9 Å². The SMILES string of the molecule is CCN(CCC(N)=NO)S(=O)(=O)C1CCCC1. The Kier molecular flexibility index (Phi) is 5.20. The Hall–Kier alpha value is -0.820. The normalized spacial score (nSPS) is 19.1. The highest BCUT2D eigenvalue weighted by atomic mass is 32.2. The van der Waals surface area contributed by atoms with Crippen LogP contribution in [0.25, 0.3) is 0 Å². The molecule has 0 atom stereocenters. The molecule has 1 aliphatic rings. The number of sulfonamides is 1. The summed E-state index contributed by atoms with van der Waals surface area (Å²) in [5.41, 5.74) is 5.35. The predicted octanol–water partition coefficient (Wildman–Crippen LogP) is 0.717. The molecule has 0 heterocycles. The van der Waals surface area contributed by atoms with Crippen LogP contribution in [0, 0.1) is 0 Å². The lowest BCUT2D eigenvalue weighted by Crippen LogP contribution is -2.39. The minimum absolute atomic E-state index is 0.0603. The first-order chi connectivity index (χ1) is 8.02. The molecule has 0 bridgehead atoms. The molecule has 0 saturated heterocycles. The van der Waals surface area contributed by atoms with E-state index in [9.17, 15) is 8.42 Å². The number of hydrogen-bond donors (Lipinski definition) is 2. The van der Waals surface area contributed by atoms with Crippen LogP contribution in [0.4, 0.5) is 0 Å². The Morgan fingerprint density at radius 1 is 1.47 bits per heavy atom. The fraction of sp³-hybridized carbons (Fsp3) is 0.900. The van der Waals surface area contributed by atoms with E-state index in [0.717, 1.165) is 25.7 Å². The van der Waals surface area contributed by atoms with Gasteiger partial charge in [-0.05, 0) is 12.8 Å². The van der Waals surface area contributed by atoms with Gasteiger partial charge in [0.1, 0.15) is 5.84 Å². The van der Waals surface area contributed by atoms with E-state index in [1.165, 1.54) is 4.31 Å². The lowest BCUT2D eigenvalue weighted by molar-refractivity contribution is 0.315. The van der Waals surface area contributed by atoms with Crippen LogP contribution in [0.15, 0.2) is 5.16 Å². The number of rotatable bonds is 6. The van der Waals surface area contributed by atoms with Crippen molar-refractivity contribution in [1.29, 1.82) is 0 Å². The van der Waals surface area contributed by atoms with Crippen molar-refractivity contribution in [3.63, 3.8) is 0 Å². The van der Waals surface area contributed by atoms with Crippen LogP contribution in [0.1, 0.15) is 39.0 Å². The van der Waals surface area contributed by atoms with Crippen molar-refractivity contribution in [2.75, 3.05) is 13.1 Å². The highest BCUT2D eigenvalue weighted by molar-refractivity contribution is 7.89. The molecule has 17 heavy (non-hydrogen) atoms. The average Bonchev–Trinajstić information content (AvgIpc) is 2.83. The first kappa shape index (κ1) is 14.2. The molecule has 1 rings (SSSR count). The maximum absolute atomic E-state index is 12.2. The third kappa shape index (κ3) is 3.57. The molecule has 1 saturated carbocycles. The van der Waals surface area contributed by atoms with Gasteiger partial charge >= 0.3 is 0 Å². The predicted molar refractivity (Wildman–Crippen MR) is 66.4 cm³/mol. The van der Waals surface area contributed by atoms with E-state index in [1.807, 2.05) is 0 Å². The van der Waals surface area contributed by atoms with Gasteiger partial charge in [0.25, 0.3) is 0 Å². The molecule has 0 aliphatic heterocycles. The number of nitrogens with zero attached hydrogens (tertiary/aromatic N) is 2. The van der Waals surface area contributed by atoms with Crippen molar-refractivity contribution in [3.8, 4) is 0 Å². The summed E-state index contributed by atoms with van der Waals surface area (Å²) in [7, 11) is -3.21. The number of oxime groups is 1. The molecule has 1 aliphatic carbocycles. The van der Waals surface area contributed by atoms with Gasteiger partial charge in [-0.2, -0.15) is 0 Å². The molecule has 0 radical (unpaired) electrons. The quantitative estimate of drug-likeness (QED) is 0.319. The molecule has 100 valence electrons. The third-order valence-electron chi connectivity index (χ3n) is 3.18. The van der Waals surface area contributed by atoms with Gasteiger partial charge in [-0.25, -0.2) is 12.7 Å². The largest absolute Gasteiger partial charge is 0.409 e. The van der Waals surface area contributed by atoms with Gasteiger partial charge in [-0.3, -0.25) is 0 Å². The van der Waals surface area contributed by atoms with Crippen LogP contribution in [-0.2, 0) is 10.0 Å². The molecule has 1 fully saturated rings. The summed E-state index contributed by atoms with van der Waals surface area (Å²) < 4.78 is 25.9. The molecule has 7 heteroatoms. The molecule has 3 N–H and O–H groups in total. The Morgan fingerprint density at radius 3 is 2.53 bits per heavy atom. The van der Waals surface area contributed by atoms with Crippen LogP contribution in [0.5, 0.6) is 0 Å². The number of amidine groups is 1. The zero-order valence-electron chi connectivity index (χ0n) is 10.2. The zero-order chi connectivity index (χ0) is 12.9. The molecule has 0 unspecified atom stereocenters. The molecule has 0 aromatic rings.